The largest absolute Gasteiger partial charge is 0.458 e. The second-order valence-electron chi connectivity index (χ2n) is 19.2. The Balaban J connectivity index is 1.33. The molecule has 0 spiro atoms. The summed E-state index contributed by atoms with van der Waals surface area (Å²) in [4.78, 5) is 27.7. The van der Waals surface area contributed by atoms with E-state index in [1.165, 1.54) is 0 Å². The van der Waals surface area contributed by atoms with Crippen molar-refractivity contribution < 1.29 is 28.9 Å². The van der Waals surface area contributed by atoms with Crippen molar-refractivity contribution in [3.8, 4) is 0 Å². The van der Waals surface area contributed by atoms with Gasteiger partial charge < -0.3 is 19.3 Å². The predicted octanol–water partition coefficient (Wildman–Crippen LogP) is 11.3. The van der Waals surface area contributed by atoms with Crippen LogP contribution in [0.3, 0.4) is 0 Å². The van der Waals surface area contributed by atoms with E-state index in [0.717, 1.165) is 64.9 Å². The standard InChI is InChI=1S/C45H62I2O6/c1-40(2,51-9)22-14-23-45(8,50)30-19-25-44(7)37(30)33(52-38(48)28-15-10-12-17-31(28)46)27-35-42(5)24-21-36(41(3,4)34(42)20-26-43(35,44)6)53-39(49)29-16-11-13-18-32(29)47/h10-13,15-18,30,33-37,50H,14,19-27H2,1-9H3/t30-,33+,34-,35+,36-,37-,42-,43+,44+,45+/m0/s1. The van der Waals surface area contributed by atoms with Crippen molar-refractivity contribution in [1.82, 2.24) is 0 Å². The van der Waals surface area contributed by atoms with Crippen LogP contribution in [0, 0.1) is 52.5 Å². The zero-order valence-electron chi connectivity index (χ0n) is 33.4. The van der Waals surface area contributed by atoms with Gasteiger partial charge in [-0.2, -0.15) is 0 Å². The molecule has 0 saturated heterocycles. The number of carbonyl (C=O) groups is 2. The van der Waals surface area contributed by atoms with Gasteiger partial charge in [0, 0.05) is 25.6 Å². The number of fused-ring (bicyclic) bond motifs is 5. The summed E-state index contributed by atoms with van der Waals surface area (Å²) in [7, 11) is 1.76. The second kappa shape index (κ2) is 14.9. The zero-order chi connectivity index (χ0) is 38.8. The first-order chi connectivity index (χ1) is 24.7. The van der Waals surface area contributed by atoms with Gasteiger partial charge in [-0.05, 0) is 188 Å². The van der Waals surface area contributed by atoms with Gasteiger partial charge in [0.1, 0.15) is 12.2 Å². The summed E-state index contributed by atoms with van der Waals surface area (Å²) in [5, 5.41) is 12.4. The Kier molecular flexibility index (Phi) is 11.7. The van der Waals surface area contributed by atoms with Crippen LogP contribution in [0.2, 0.25) is 0 Å². The van der Waals surface area contributed by atoms with Crippen LogP contribution >= 0.6 is 45.2 Å². The number of rotatable bonds is 10. The average Bonchev–Trinajstić information content (AvgIpc) is 3.47. The lowest BCUT2D eigenvalue weighted by Crippen LogP contribution is -2.67. The van der Waals surface area contributed by atoms with Gasteiger partial charge >= 0.3 is 11.9 Å². The van der Waals surface area contributed by atoms with Gasteiger partial charge in [-0.3, -0.25) is 0 Å². The quantitative estimate of drug-likeness (QED) is 0.189. The maximum Gasteiger partial charge on any atom is 0.339 e. The molecular formula is C45H62I2O6. The summed E-state index contributed by atoms with van der Waals surface area (Å²) < 4.78 is 20.7. The fraction of sp³-hybridized carbons (Fsp3) is 0.689. The Morgan fingerprint density at radius 1 is 0.774 bits per heavy atom. The van der Waals surface area contributed by atoms with Gasteiger partial charge in [-0.1, -0.05) is 58.9 Å². The van der Waals surface area contributed by atoms with E-state index in [9.17, 15) is 14.7 Å². The smallest absolute Gasteiger partial charge is 0.339 e. The van der Waals surface area contributed by atoms with Crippen LogP contribution in [-0.2, 0) is 14.2 Å². The molecule has 0 aromatic heterocycles. The molecular weight excluding hydrogens is 890 g/mol. The van der Waals surface area contributed by atoms with Gasteiger partial charge in [0.05, 0.1) is 22.3 Å². The summed E-state index contributed by atoms with van der Waals surface area (Å²) in [5.74, 6) is 0.204. The molecule has 0 heterocycles. The Hall–Kier alpha value is -1.24. The lowest BCUT2D eigenvalue weighted by molar-refractivity contribution is -0.246. The molecule has 4 saturated carbocycles. The Morgan fingerprint density at radius 3 is 1.92 bits per heavy atom. The topological polar surface area (TPSA) is 82.1 Å². The number of methoxy groups -OCH3 is 1. The van der Waals surface area contributed by atoms with Crippen LogP contribution < -0.4 is 0 Å². The van der Waals surface area contributed by atoms with Crippen molar-refractivity contribution in [3.05, 3.63) is 66.8 Å². The molecule has 6 rings (SSSR count). The molecule has 0 bridgehead atoms. The molecule has 4 aliphatic rings. The molecule has 53 heavy (non-hydrogen) atoms. The first-order valence-electron chi connectivity index (χ1n) is 19.9. The highest BCUT2D eigenvalue weighted by Gasteiger charge is 2.72. The summed E-state index contributed by atoms with van der Waals surface area (Å²) >= 11 is 4.46. The highest BCUT2D eigenvalue weighted by Crippen LogP contribution is 2.76. The van der Waals surface area contributed by atoms with Gasteiger partial charge in [0.2, 0.25) is 0 Å². The van der Waals surface area contributed by atoms with Crippen LogP contribution in [0.4, 0.5) is 0 Å². The van der Waals surface area contributed by atoms with Crippen molar-refractivity contribution in [1.29, 1.82) is 0 Å². The normalized spacial score (nSPS) is 36.0. The summed E-state index contributed by atoms with van der Waals surface area (Å²) in [6, 6.07) is 15.4. The first-order valence-corrected chi connectivity index (χ1v) is 22.1. The minimum Gasteiger partial charge on any atom is -0.458 e. The van der Waals surface area contributed by atoms with Crippen LogP contribution in [-0.4, -0.2) is 47.6 Å². The van der Waals surface area contributed by atoms with Gasteiger partial charge in [0.15, 0.2) is 0 Å². The molecule has 2 aromatic carbocycles. The molecule has 4 fully saturated rings. The lowest BCUT2D eigenvalue weighted by atomic mass is 9.35. The van der Waals surface area contributed by atoms with E-state index in [1.54, 1.807) is 7.11 Å². The average molecular weight is 953 g/mol. The zero-order valence-corrected chi connectivity index (χ0v) is 37.7. The fourth-order valence-electron chi connectivity index (χ4n) is 12.5. The number of esters is 2. The number of hydrogen-bond acceptors (Lipinski definition) is 6. The van der Waals surface area contributed by atoms with E-state index < -0.39 is 5.60 Å². The minimum atomic E-state index is -0.900. The Morgan fingerprint density at radius 2 is 1.34 bits per heavy atom. The summed E-state index contributed by atoms with van der Waals surface area (Å²) in [6.07, 6.45) is 8.54. The Labute approximate surface area is 345 Å². The van der Waals surface area contributed by atoms with Crippen molar-refractivity contribution in [2.24, 2.45) is 45.3 Å². The van der Waals surface area contributed by atoms with Crippen LogP contribution in [0.25, 0.3) is 0 Å². The molecule has 0 aliphatic heterocycles. The van der Waals surface area contributed by atoms with Gasteiger partial charge in [-0.15, -0.1) is 0 Å². The molecule has 1 N–H and O–H groups in total. The third-order valence-electron chi connectivity index (χ3n) is 15.8. The minimum absolute atomic E-state index is 0.00435. The highest BCUT2D eigenvalue weighted by atomic mass is 127. The van der Waals surface area contributed by atoms with Crippen LogP contribution in [0.5, 0.6) is 0 Å². The molecule has 0 unspecified atom stereocenters. The molecule has 2 aromatic rings. The monoisotopic (exact) mass is 952 g/mol. The van der Waals surface area contributed by atoms with Crippen molar-refractivity contribution in [2.45, 2.75) is 143 Å². The molecule has 6 nitrogen and oxygen atoms in total. The van der Waals surface area contributed by atoms with E-state index in [4.69, 9.17) is 14.2 Å². The van der Waals surface area contributed by atoms with E-state index in [2.05, 4.69) is 93.6 Å². The van der Waals surface area contributed by atoms with Gasteiger partial charge in [0.25, 0.3) is 0 Å². The SMILES string of the molecule is COC(C)(C)CCC[C@@](C)(O)[C@H]1CC[C@]2(C)[C@@H]1[C@H](OC(=O)c1ccccc1I)C[C@@H]1[C@@]3(C)CC[C@H](OC(=O)c4ccccc4I)C(C)(C)[C@@H]3CC[C@]12C. The molecule has 0 radical (unpaired) electrons. The Bertz CT molecular complexity index is 1690. The van der Waals surface area contributed by atoms with E-state index in [0.29, 0.717) is 29.4 Å². The molecule has 4 aliphatic carbocycles. The number of ether oxygens (including phenoxy) is 3. The van der Waals surface area contributed by atoms with Crippen LogP contribution in [0.1, 0.15) is 140 Å². The summed E-state index contributed by atoms with van der Waals surface area (Å²) in [6.45, 7) is 18.4. The third-order valence-corrected chi connectivity index (χ3v) is 17.7. The number of aliphatic hydroxyl groups is 1. The predicted molar refractivity (Wildman–Crippen MR) is 227 cm³/mol. The number of benzene rings is 2. The molecule has 10 atom stereocenters. The third kappa shape index (κ3) is 7.28. The van der Waals surface area contributed by atoms with E-state index >= 15 is 0 Å². The molecule has 8 heteroatoms. The lowest BCUT2D eigenvalue weighted by Gasteiger charge is -2.70. The number of halogens is 2. The van der Waals surface area contributed by atoms with E-state index in [1.807, 2.05) is 55.5 Å². The van der Waals surface area contributed by atoms with E-state index in [-0.39, 0.29) is 63.2 Å². The number of carbonyl (C=O) groups excluding carboxylic acids is 2. The van der Waals surface area contributed by atoms with Crippen molar-refractivity contribution in [2.75, 3.05) is 7.11 Å². The summed E-state index contributed by atoms with van der Waals surface area (Å²) in [5.41, 5.74) is -0.300. The highest BCUT2D eigenvalue weighted by molar-refractivity contribution is 14.1. The van der Waals surface area contributed by atoms with Crippen molar-refractivity contribution >= 4 is 57.1 Å². The van der Waals surface area contributed by atoms with Gasteiger partial charge in [-0.25, -0.2) is 9.59 Å². The maximum absolute atomic E-state index is 14.1. The fourth-order valence-corrected chi connectivity index (χ4v) is 13.8. The second-order valence-corrected chi connectivity index (χ2v) is 21.5. The molecule has 0 amide bonds. The van der Waals surface area contributed by atoms with Crippen molar-refractivity contribution in [3.63, 3.8) is 0 Å². The maximum atomic E-state index is 14.1. The first kappa shape index (κ1) is 41.4. The molecule has 292 valence electrons. The number of hydrogen-bond donors (Lipinski definition) is 1. The van der Waals surface area contributed by atoms with Crippen LogP contribution in [0.15, 0.2) is 48.5 Å².